The Morgan fingerprint density at radius 3 is 2.50 bits per heavy atom. The standard InChI is InChI=1S/C15H24N2O3/c1-18-9-7-17(8-10-19-2)13-11-20-14-6-4-3-5-12(14)15(13)16/h3-6,13,15H,7-11,16H2,1-2H3. The van der Waals surface area contributed by atoms with Crippen molar-refractivity contribution in [3.8, 4) is 5.75 Å². The van der Waals surface area contributed by atoms with Gasteiger partial charge in [-0.1, -0.05) is 18.2 Å². The molecule has 1 heterocycles. The zero-order chi connectivity index (χ0) is 14.4. The number of hydrogen-bond donors (Lipinski definition) is 1. The van der Waals surface area contributed by atoms with Gasteiger partial charge in [0.05, 0.1) is 25.3 Å². The Kier molecular flexibility index (Phi) is 5.79. The van der Waals surface area contributed by atoms with Crippen molar-refractivity contribution in [2.45, 2.75) is 12.1 Å². The summed E-state index contributed by atoms with van der Waals surface area (Å²) in [4.78, 5) is 2.29. The van der Waals surface area contributed by atoms with Crippen LogP contribution in [0, 0.1) is 0 Å². The molecular formula is C15H24N2O3. The van der Waals surface area contributed by atoms with E-state index in [2.05, 4.69) is 4.90 Å². The topological polar surface area (TPSA) is 57.0 Å². The van der Waals surface area contributed by atoms with E-state index in [-0.39, 0.29) is 12.1 Å². The fraction of sp³-hybridized carbons (Fsp3) is 0.600. The van der Waals surface area contributed by atoms with Crippen molar-refractivity contribution in [3.05, 3.63) is 29.8 Å². The van der Waals surface area contributed by atoms with Crippen molar-refractivity contribution in [1.29, 1.82) is 0 Å². The first-order chi connectivity index (χ1) is 9.77. The molecule has 0 bridgehead atoms. The Bertz CT molecular complexity index is 406. The molecular weight excluding hydrogens is 256 g/mol. The first-order valence-electron chi connectivity index (χ1n) is 6.97. The van der Waals surface area contributed by atoms with E-state index in [4.69, 9.17) is 19.9 Å². The normalized spacial score (nSPS) is 21.6. The van der Waals surface area contributed by atoms with E-state index in [0.717, 1.165) is 24.4 Å². The van der Waals surface area contributed by atoms with Crippen molar-refractivity contribution >= 4 is 0 Å². The summed E-state index contributed by atoms with van der Waals surface area (Å²) in [5.74, 6) is 0.898. The maximum Gasteiger partial charge on any atom is 0.124 e. The van der Waals surface area contributed by atoms with Crippen molar-refractivity contribution in [1.82, 2.24) is 4.90 Å². The summed E-state index contributed by atoms with van der Waals surface area (Å²) in [7, 11) is 3.42. The van der Waals surface area contributed by atoms with Crippen LogP contribution in [0.4, 0.5) is 0 Å². The van der Waals surface area contributed by atoms with Gasteiger partial charge in [0, 0.05) is 32.9 Å². The molecule has 0 radical (unpaired) electrons. The highest BCUT2D eigenvalue weighted by atomic mass is 16.5. The molecule has 2 rings (SSSR count). The molecule has 5 heteroatoms. The Morgan fingerprint density at radius 2 is 1.85 bits per heavy atom. The summed E-state index contributed by atoms with van der Waals surface area (Å²) in [5, 5.41) is 0. The molecule has 0 spiro atoms. The number of methoxy groups -OCH3 is 2. The van der Waals surface area contributed by atoms with Crippen LogP contribution in [0.25, 0.3) is 0 Å². The molecule has 0 saturated carbocycles. The summed E-state index contributed by atoms with van der Waals surface area (Å²) < 4.78 is 16.2. The average molecular weight is 280 g/mol. The highest BCUT2D eigenvalue weighted by molar-refractivity contribution is 5.38. The first-order valence-corrected chi connectivity index (χ1v) is 6.97. The number of nitrogens with two attached hydrogens (primary N) is 1. The van der Waals surface area contributed by atoms with Gasteiger partial charge in [0.2, 0.25) is 0 Å². The Hall–Kier alpha value is -1.14. The number of ether oxygens (including phenoxy) is 3. The van der Waals surface area contributed by atoms with Gasteiger partial charge in [-0.05, 0) is 6.07 Å². The lowest BCUT2D eigenvalue weighted by molar-refractivity contribution is 0.0490. The highest BCUT2D eigenvalue weighted by Gasteiger charge is 2.32. The van der Waals surface area contributed by atoms with Crippen LogP contribution in [-0.2, 0) is 9.47 Å². The minimum atomic E-state index is -0.0475. The van der Waals surface area contributed by atoms with Gasteiger partial charge < -0.3 is 19.9 Å². The number of nitrogens with zero attached hydrogens (tertiary/aromatic N) is 1. The minimum Gasteiger partial charge on any atom is -0.492 e. The predicted octanol–water partition coefficient (Wildman–Crippen LogP) is 1.04. The third kappa shape index (κ3) is 3.49. The number of rotatable bonds is 7. The van der Waals surface area contributed by atoms with E-state index in [1.165, 1.54) is 0 Å². The zero-order valence-corrected chi connectivity index (χ0v) is 12.2. The van der Waals surface area contributed by atoms with E-state index in [9.17, 15) is 0 Å². The molecule has 1 aliphatic rings. The molecule has 2 atom stereocenters. The maximum atomic E-state index is 6.43. The van der Waals surface area contributed by atoms with Gasteiger partial charge in [0.25, 0.3) is 0 Å². The molecule has 1 aliphatic heterocycles. The van der Waals surface area contributed by atoms with Crippen LogP contribution < -0.4 is 10.5 Å². The van der Waals surface area contributed by atoms with Crippen molar-refractivity contribution in [2.24, 2.45) is 5.73 Å². The number of para-hydroxylation sites is 1. The van der Waals surface area contributed by atoms with E-state index in [1.54, 1.807) is 14.2 Å². The molecule has 0 fully saturated rings. The van der Waals surface area contributed by atoms with Crippen LogP contribution in [0.3, 0.4) is 0 Å². The maximum absolute atomic E-state index is 6.43. The van der Waals surface area contributed by atoms with E-state index in [0.29, 0.717) is 19.8 Å². The van der Waals surface area contributed by atoms with Gasteiger partial charge in [-0.25, -0.2) is 0 Å². The summed E-state index contributed by atoms with van der Waals surface area (Å²) >= 11 is 0. The van der Waals surface area contributed by atoms with Crippen LogP contribution in [0.2, 0.25) is 0 Å². The van der Waals surface area contributed by atoms with Crippen LogP contribution in [0.5, 0.6) is 5.75 Å². The SMILES string of the molecule is COCCN(CCOC)C1COc2ccccc2C1N. The van der Waals surface area contributed by atoms with Crippen molar-refractivity contribution in [2.75, 3.05) is 47.1 Å². The number of hydrogen-bond acceptors (Lipinski definition) is 5. The second-order valence-corrected chi connectivity index (χ2v) is 4.96. The highest BCUT2D eigenvalue weighted by Crippen LogP contribution is 2.32. The molecule has 20 heavy (non-hydrogen) atoms. The smallest absolute Gasteiger partial charge is 0.124 e. The van der Waals surface area contributed by atoms with Crippen molar-refractivity contribution in [3.63, 3.8) is 0 Å². The molecule has 0 amide bonds. The molecule has 0 saturated heterocycles. The monoisotopic (exact) mass is 280 g/mol. The second-order valence-electron chi connectivity index (χ2n) is 4.96. The predicted molar refractivity (Wildman–Crippen MR) is 78.0 cm³/mol. The molecule has 112 valence electrons. The van der Waals surface area contributed by atoms with Gasteiger partial charge in [0.15, 0.2) is 0 Å². The summed E-state index contributed by atoms with van der Waals surface area (Å²) in [5.41, 5.74) is 7.50. The third-order valence-electron chi connectivity index (χ3n) is 3.74. The largest absolute Gasteiger partial charge is 0.492 e. The lowest BCUT2D eigenvalue weighted by Crippen LogP contribution is -2.50. The molecule has 2 N–H and O–H groups in total. The molecule has 2 unspecified atom stereocenters. The third-order valence-corrected chi connectivity index (χ3v) is 3.74. The minimum absolute atomic E-state index is 0.0475. The molecule has 0 aliphatic carbocycles. The average Bonchev–Trinajstić information content (AvgIpc) is 2.49. The van der Waals surface area contributed by atoms with Gasteiger partial charge in [-0.15, -0.1) is 0 Å². The quantitative estimate of drug-likeness (QED) is 0.809. The van der Waals surface area contributed by atoms with E-state index >= 15 is 0 Å². The Labute approximate surface area is 120 Å². The Balaban J connectivity index is 2.09. The fourth-order valence-electron chi connectivity index (χ4n) is 2.57. The summed E-state index contributed by atoms with van der Waals surface area (Å²) in [6.45, 7) is 3.60. The summed E-state index contributed by atoms with van der Waals surface area (Å²) in [6, 6.07) is 8.08. The lowest BCUT2D eigenvalue weighted by Gasteiger charge is -2.38. The number of benzene rings is 1. The fourth-order valence-corrected chi connectivity index (χ4v) is 2.57. The van der Waals surface area contributed by atoms with Gasteiger partial charge in [-0.2, -0.15) is 0 Å². The zero-order valence-electron chi connectivity index (χ0n) is 12.2. The van der Waals surface area contributed by atoms with E-state index < -0.39 is 0 Å². The second kappa shape index (κ2) is 7.59. The molecule has 1 aromatic rings. The molecule has 0 aromatic heterocycles. The van der Waals surface area contributed by atoms with Gasteiger partial charge in [-0.3, -0.25) is 4.90 Å². The molecule has 1 aromatic carbocycles. The Morgan fingerprint density at radius 1 is 1.20 bits per heavy atom. The summed E-state index contributed by atoms with van der Waals surface area (Å²) in [6.07, 6.45) is 0. The van der Waals surface area contributed by atoms with Crippen LogP contribution in [-0.4, -0.2) is 58.1 Å². The van der Waals surface area contributed by atoms with Crippen molar-refractivity contribution < 1.29 is 14.2 Å². The van der Waals surface area contributed by atoms with Crippen LogP contribution >= 0.6 is 0 Å². The first kappa shape index (κ1) is 15.3. The van der Waals surface area contributed by atoms with E-state index in [1.807, 2.05) is 24.3 Å². The molecule has 5 nitrogen and oxygen atoms in total. The number of fused-ring (bicyclic) bond motifs is 1. The van der Waals surface area contributed by atoms with Gasteiger partial charge in [0.1, 0.15) is 12.4 Å². The van der Waals surface area contributed by atoms with Crippen LogP contribution in [0.15, 0.2) is 24.3 Å². The van der Waals surface area contributed by atoms with Gasteiger partial charge >= 0.3 is 0 Å². The van der Waals surface area contributed by atoms with Crippen LogP contribution in [0.1, 0.15) is 11.6 Å². The lowest BCUT2D eigenvalue weighted by atomic mass is 9.96.